The molecule has 0 heterocycles. The van der Waals surface area contributed by atoms with Crippen LogP contribution < -0.4 is 5.73 Å². The third-order valence-corrected chi connectivity index (χ3v) is 4.77. The first-order valence-corrected chi connectivity index (χ1v) is 7.97. The molecule has 1 unspecified atom stereocenters. The van der Waals surface area contributed by atoms with Gasteiger partial charge in [0.2, 0.25) is 0 Å². The lowest BCUT2D eigenvalue weighted by Gasteiger charge is -2.12. The maximum atomic E-state index is 5.98. The standard InChI is InChI=1S/C14H22BrNS/c1-4-12(16)7-11-5-6-13(8-14(11)15)17-9-10(2)3/h5-6,8,10,12H,4,7,9,16H2,1-3H3. The van der Waals surface area contributed by atoms with E-state index in [1.54, 1.807) is 0 Å². The highest BCUT2D eigenvalue weighted by molar-refractivity contribution is 9.10. The fourth-order valence-electron chi connectivity index (χ4n) is 1.47. The summed E-state index contributed by atoms with van der Waals surface area (Å²) in [6.07, 6.45) is 1.97. The normalized spacial score (nSPS) is 13.1. The number of thioether (sulfide) groups is 1. The number of hydrogen-bond donors (Lipinski definition) is 1. The molecule has 1 atom stereocenters. The summed E-state index contributed by atoms with van der Waals surface area (Å²) in [5, 5.41) is 0. The molecule has 0 aliphatic heterocycles. The quantitative estimate of drug-likeness (QED) is 0.783. The fourth-order valence-corrected chi connectivity index (χ4v) is 3.06. The summed E-state index contributed by atoms with van der Waals surface area (Å²) in [5.41, 5.74) is 7.30. The summed E-state index contributed by atoms with van der Waals surface area (Å²) < 4.78 is 1.19. The van der Waals surface area contributed by atoms with Gasteiger partial charge in [0.15, 0.2) is 0 Å². The molecule has 1 nitrogen and oxygen atoms in total. The summed E-state index contributed by atoms with van der Waals surface area (Å²) >= 11 is 5.56. The van der Waals surface area contributed by atoms with Crippen LogP contribution in [0.3, 0.4) is 0 Å². The van der Waals surface area contributed by atoms with Crippen LogP contribution in [-0.2, 0) is 6.42 Å². The monoisotopic (exact) mass is 315 g/mol. The van der Waals surface area contributed by atoms with Crippen LogP contribution in [0.2, 0.25) is 0 Å². The van der Waals surface area contributed by atoms with Crippen molar-refractivity contribution in [2.75, 3.05) is 5.75 Å². The van der Waals surface area contributed by atoms with Gasteiger partial charge >= 0.3 is 0 Å². The zero-order valence-electron chi connectivity index (χ0n) is 10.9. The number of hydrogen-bond acceptors (Lipinski definition) is 2. The van der Waals surface area contributed by atoms with Gasteiger partial charge in [-0.25, -0.2) is 0 Å². The van der Waals surface area contributed by atoms with E-state index in [2.05, 4.69) is 54.9 Å². The van der Waals surface area contributed by atoms with Crippen molar-refractivity contribution in [2.24, 2.45) is 11.7 Å². The van der Waals surface area contributed by atoms with E-state index in [0.29, 0.717) is 0 Å². The first kappa shape index (κ1) is 15.1. The van der Waals surface area contributed by atoms with Crippen molar-refractivity contribution < 1.29 is 0 Å². The predicted molar refractivity (Wildman–Crippen MR) is 81.7 cm³/mol. The van der Waals surface area contributed by atoms with Crippen LogP contribution in [-0.4, -0.2) is 11.8 Å². The van der Waals surface area contributed by atoms with Crippen molar-refractivity contribution in [2.45, 2.75) is 44.6 Å². The molecule has 0 saturated heterocycles. The van der Waals surface area contributed by atoms with E-state index < -0.39 is 0 Å². The zero-order chi connectivity index (χ0) is 12.8. The maximum Gasteiger partial charge on any atom is 0.0219 e. The third kappa shape index (κ3) is 5.45. The highest BCUT2D eigenvalue weighted by Gasteiger charge is 2.06. The molecule has 0 aromatic heterocycles. The lowest BCUT2D eigenvalue weighted by Crippen LogP contribution is -2.21. The Kier molecular flexibility index (Phi) is 6.60. The Morgan fingerprint density at radius 1 is 1.35 bits per heavy atom. The van der Waals surface area contributed by atoms with Crippen molar-refractivity contribution in [3.05, 3.63) is 28.2 Å². The molecule has 0 amide bonds. The van der Waals surface area contributed by atoms with Crippen LogP contribution in [0.15, 0.2) is 27.6 Å². The van der Waals surface area contributed by atoms with Gasteiger partial charge in [-0.2, -0.15) is 0 Å². The molecule has 0 bridgehead atoms. The second-order valence-electron chi connectivity index (χ2n) is 4.83. The van der Waals surface area contributed by atoms with Gasteiger partial charge in [0.05, 0.1) is 0 Å². The van der Waals surface area contributed by atoms with E-state index in [4.69, 9.17) is 5.73 Å². The van der Waals surface area contributed by atoms with Crippen LogP contribution in [0.1, 0.15) is 32.8 Å². The van der Waals surface area contributed by atoms with Crippen LogP contribution in [0.5, 0.6) is 0 Å². The van der Waals surface area contributed by atoms with Crippen molar-refractivity contribution in [1.29, 1.82) is 0 Å². The highest BCUT2D eigenvalue weighted by atomic mass is 79.9. The molecular formula is C14H22BrNS. The molecule has 3 heteroatoms. The Morgan fingerprint density at radius 2 is 2.06 bits per heavy atom. The molecule has 96 valence electrons. The van der Waals surface area contributed by atoms with Crippen LogP contribution >= 0.6 is 27.7 Å². The van der Waals surface area contributed by atoms with Crippen molar-refractivity contribution >= 4 is 27.7 Å². The van der Waals surface area contributed by atoms with E-state index in [1.165, 1.54) is 20.7 Å². The van der Waals surface area contributed by atoms with Crippen LogP contribution in [0.25, 0.3) is 0 Å². The van der Waals surface area contributed by atoms with Gasteiger partial charge in [-0.05, 0) is 36.5 Å². The Hall–Kier alpha value is 0.01000. The number of benzene rings is 1. The lowest BCUT2D eigenvalue weighted by atomic mass is 10.1. The topological polar surface area (TPSA) is 26.0 Å². The van der Waals surface area contributed by atoms with Gasteiger partial charge in [-0.3, -0.25) is 0 Å². The molecule has 0 fully saturated rings. The van der Waals surface area contributed by atoms with Crippen molar-refractivity contribution in [3.63, 3.8) is 0 Å². The second kappa shape index (κ2) is 7.45. The zero-order valence-corrected chi connectivity index (χ0v) is 13.3. The molecule has 0 spiro atoms. The van der Waals surface area contributed by atoms with Crippen molar-refractivity contribution in [3.8, 4) is 0 Å². The largest absolute Gasteiger partial charge is 0.327 e. The van der Waals surface area contributed by atoms with Gasteiger partial charge in [0, 0.05) is 21.2 Å². The predicted octanol–water partition coefficient (Wildman–Crippen LogP) is 4.48. The summed E-state index contributed by atoms with van der Waals surface area (Å²) in [4.78, 5) is 1.33. The Morgan fingerprint density at radius 3 is 2.59 bits per heavy atom. The first-order valence-electron chi connectivity index (χ1n) is 6.19. The van der Waals surface area contributed by atoms with Gasteiger partial charge in [0.1, 0.15) is 0 Å². The van der Waals surface area contributed by atoms with E-state index in [-0.39, 0.29) is 6.04 Å². The minimum atomic E-state index is 0.264. The van der Waals surface area contributed by atoms with E-state index in [1.807, 2.05) is 11.8 Å². The molecule has 2 N–H and O–H groups in total. The van der Waals surface area contributed by atoms with Crippen LogP contribution in [0.4, 0.5) is 0 Å². The smallest absolute Gasteiger partial charge is 0.0219 e. The number of nitrogens with two attached hydrogens (primary N) is 1. The Bertz CT molecular complexity index is 352. The van der Waals surface area contributed by atoms with Crippen molar-refractivity contribution in [1.82, 2.24) is 0 Å². The summed E-state index contributed by atoms with van der Waals surface area (Å²) in [6, 6.07) is 6.88. The van der Waals surface area contributed by atoms with E-state index in [9.17, 15) is 0 Å². The highest BCUT2D eigenvalue weighted by Crippen LogP contribution is 2.27. The lowest BCUT2D eigenvalue weighted by molar-refractivity contribution is 0.645. The van der Waals surface area contributed by atoms with Gasteiger partial charge in [-0.1, -0.05) is 42.8 Å². The third-order valence-electron chi connectivity index (χ3n) is 2.61. The number of rotatable bonds is 6. The minimum Gasteiger partial charge on any atom is -0.327 e. The average molecular weight is 316 g/mol. The minimum absolute atomic E-state index is 0.264. The van der Waals surface area contributed by atoms with Gasteiger partial charge in [-0.15, -0.1) is 11.8 Å². The molecule has 1 aromatic carbocycles. The second-order valence-corrected chi connectivity index (χ2v) is 6.78. The van der Waals surface area contributed by atoms with E-state index in [0.717, 1.165) is 18.8 Å². The molecule has 0 aliphatic carbocycles. The molecule has 1 rings (SSSR count). The molecule has 0 saturated carbocycles. The Labute approximate surface area is 118 Å². The summed E-state index contributed by atoms with van der Waals surface area (Å²) in [7, 11) is 0. The molecular weight excluding hydrogens is 294 g/mol. The molecule has 0 aliphatic rings. The Balaban J connectivity index is 2.65. The number of halogens is 1. The molecule has 1 aromatic rings. The van der Waals surface area contributed by atoms with Gasteiger partial charge < -0.3 is 5.73 Å². The molecule has 17 heavy (non-hydrogen) atoms. The fraction of sp³-hybridized carbons (Fsp3) is 0.571. The maximum absolute atomic E-state index is 5.98. The summed E-state index contributed by atoms with van der Waals surface area (Å²) in [6.45, 7) is 6.62. The average Bonchev–Trinajstić information content (AvgIpc) is 2.29. The first-order chi connectivity index (χ1) is 8.02. The summed E-state index contributed by atoms with van der Waals surface area (Å²) in [5.74, 6) is 1.90. The van der Waals surface area contributed by atoms with Crippen LogP contribution in [0, 0.1) is 5.92 Å². The van der Waals surface area contributed by atoms with E-state index >= 15 is 0 Å². The SMILES string of the molecule is CCC(N)Cc1ccc(SCC(C)C)cc1Br. The van der Waals surface area contributed by atoms with Gasteiger partial charge in [0.25, 0.3) is 0 Å². The molecule has 0 radical (unpaired) electrons.